The molecular weight excluding hydrogens is 288 g/mol. The Balaban J connectivity index is 1.55. The van der Waals surface area contributed by atoms with Gasteiger partial charge in [0.25, 0.3) is 0 Å². The summed E-state index contributed by atoms with van der Waals surface area (Å²) < 4.78 is 0. The van der Waals surface area contributed by atoms with Crippen molar-refractivity contribution in [2.24, 2.45) is 45.3 Å². The molecular formula is C20H28O3. The number of carboxylic acids is 1. The largest absolute Gasteiger partial charge is 0.481 e. The highest BCUT2D eigenvalue weighted by atomic mass is 16.4. The highest BCUT2D eigenvalue weighted by Crippen LogP contribution is 2.85. The van der Waals surface area contributed by atoms with Gasteiger partial charge in [-0.3, -0.25) is 9.59 Å². The molecule has 0 aliphatic heterocycles. The van der Waals surface area contributed by atoms with Crippen molar-refractivity contribution in [3.8, 4) is 0 Å². The van der Waals surface area contributed by atoms with Crippen molar-refractivity contribution in [2.45, 2.75) is 65.7 Å². The molecule has 0 heterocycles. The highest BCUT2D eigenvalue weighted by Gasteiger charge is 2.83. The number of carbonyl (C=O) groups is 2. The van der Waals surface area contributed by atoms with Crippen LogP contribution in [0.25, 0.3) is 0 Å². The van der Waals surface area contributed by atoms with Crippen LogP contribution in [0.4, 0.5) is 0 Å². The second-order valence-electron chi connectivity index (χ2n) is 10.3. The Morgan fingerprint density at radius 2 is 1.87 bits per heavy atom. The number of hydrogen-bond acceptors (Lipinski definition) is 2. The molecule has 6 fully saturated rings. The number of aliphatic carboxylic acids is 1. The van der Waals surface area contributed by atoms with Crippen LogP contribution >= 0.6 is 0 Å². The predicted octanol–water partition coefficient (Wildman–Crippen LogP) is 3.91. The molecule has 3 nitrogen and oxygen atoms in total. The quantitative estimate of drug-likeness (QED) is 0.798. The lowest BCUT2D eigenvalue weighted by Gasteiger charge is -2.64. The summed E-state index contributed by atoms with van der Waals surface area (Å²) in [5, 5.41) is 9.79. The molecule has 1 unspecified atom stereocenters. The first-order valence-electron chi connectivity index (χ1n) is 9.45. The molecule has 6 rings (SSSR count). The lowest BCUT2D eigenvalue weighted by atomic mass is 9.39. The van der Waals surface area contributed by atoms with Gasteiger partial charge in [0, 0.05) is 11.8 Å². The maximum atomic E-state index is 12.5. The van der Waals surface area contributed by atoms with Crippen molar-refractivity contribution in [3.05, 3.63) is 0 Å². The van der Waals surface area contributed by atoms with Gasteiger partial charge in [0.1, 0.15) is 5.78 Å². The van der Waals surface area contributed by atoms with Crippen LogP contribution in [0.1, 0.15) is 65.7 Å². The van der Waals surface area contributed by atoms with Gasteiger partial charge in [-0.05, 0) is 73.0 Å². The fourth-order valence-electron chi connectivity index (χ4n) is 8.59. The van der Waals surface area contributed by atoms with E-state index in [9.17, 15) is 14.7 Å². The number of carboxylic acid groups (broad SMARTS) is 1. The number of hydrogen-bond donors (Lipinski definition) is 1. The molecule has 4 bridgehead atoms. The van der Waals surface area contributed by atoms with E-state index >= 15 is 0 Å². The zero-order chi connectivity index (χ0) is 16.4. The molecule has 1 spiro atoms. The van der Waals surface area contributed by atoms with Crippen LogP contribution < -0.4 is 0 Å². The normalized spacial score (nSPS) is 58.3. The fourth-order valence-corrected chi connectivity index (χ4v) is 8.59. The summed E-state index contributed by atoms with van der Waals surface area (Å²) in [7, 11) is 0. The van der Waals surface area contributed by atoms with E-state index in [4.69, 9.17) is 0 Å². The smallest absolute Gasteiger partial charge is 0.310 e. The first-order chi connectivity index (χ1) is 10.7. The van der Waals surface area contributed by atoms with Gasteiger partial charge in [0.2, 0.25) is 0 Å². The zero-order valence-electron chi connectivity index (χ0n) is 14.5. The van der Waals surface area contributed by atoms with Gasteiger partial charge in [0.05, 0.1) is 5.41 Å². The van der Waals surface area contributed by atoms with Crippen molar-refractivity contribution < 1.29 is 14.7 Å². The number of Topliss-reactive ketones (excluding diaryl/α,β-unsaturated/α-hetero) is 1. The minimum Gasteiger partial charge on any atom is -0.481 e. The van der Waals surface area contributed by atoms with Crippen LogP contribution in [0.3, 0.4) is 0 Å². The average molecular weight is 316 g/mol. The third-order valence-corrected chi connectivity index (χ3v) is 9.60. The van der Waals surface area contributed by atoms with Gasteiger partial charge in [-0.1, -0.05) is 20.8 Å². The SMILES string of the molecule is CC1(C)C(=O)CC[C@]2(C)[C@@H]1CC[C@@]13CC4[C@H](C[C@H]12)[C@]4(C(=O)O)C3. The van der Waals surface area contributed by atoms with Crippen LogP contribution in [0.15, 0.2) is 0 Å². The first-order valence-corrected chi connectivity index (χ1v) is 9.45. The number of fused-ring (bicyclic) bond motifs is 1. The lowest BCUT2D eigenvalue weighted by molar-refractivity contribution is -0.176. The van der Waals surface area contributed by atoms with Crippen LogP contribution in [-0.2, 0) is 9.59 Å². The van der Waals surface area contributed by atoms with E-state index in [-0.39, 0.29) is 21.7 Å². The van der Waals surface area contributed by atoms with E-state index < -0.39 is 5.97 Å². The molecule has 6 aliphatic rings. The van der Waals surface area contributed by atoms with Crippen LogP contribution in [-0.4, -0.2) is 16.9 Å². The molecule has 3 heteroatoms. The first kappa shape index (κ1) is 14.5. The summed E-state index contributed by atoms with van der Waals surface area (Å²) in [6.45, 7) is 6.78. The maximum absolute atomic E-state index is 12.5. The van der Waals surface area contributed by atoms with Gasteiger partial charge < -0.3 is 5.11 Å². The standard InChI is InChI=1S/C20H28O3/c1-17(2)13-4-7-19-9-12-11(20(12,10-19)16(22)23)8-14(19)18(13,3)6-5-15(17)21/h11-14H,4-10H2,1-3H3,(H,22,23)/t11-,12?,13+,14-,18+,19-,20+/m0/s1. The zero-order valence-corrected chi connectivity index (χ0v) is 14.5. The topological polar surface area (TPSA) is 54.4 Å². The predicted molar refractivity (Wildman–Crippen MR) is 85.7 cm³/mol. The molecule has 126 valence electrons. The van der Waals surface area contributed by atoms with Crippen molar-refractivity contribution in [3.63, 3.8) is 0 Å². The Kier molecular flexibility index (Phi) is 2.33. The second kappa shape index (κ2) is 3.70. The Morgan fingerprint density at radius 1 is 1.13 bits per heavy atom. The molecule has 23 heavy (non-hydrogen) atoms. The third-order valence-electron chi connectivity index (χ3n) is 9.60. The van der Waals surface area contributed by atoms with Gasteiger partial charge in [0.15, 0.2) is 0 Å². The molecule has 0 aromatic rings. The van der Waals surface area contributed by atoms with Crippen molar-refractivity contribution in [1.82, 2.24) is 0 Å². The number of rotatable bonds is 1. The molecule has 0 aromatic carbocycles. The summed E-state index contributed by atoms with van der Waals surface area (Å²) in [4.78, 5) is 24.4. The van der Waals surface area contributed by atoms with Crippen molar-refractivity contribution >= 4 is 11.8 Å². The van der Waals surface area contributed by atoms with Gasteiger partial charge >= 0.3 is 5.97 Å². The molecule has 7 atom stereocenters. The van der Waals surface area contributed by atoms with Gasteiger partial charge in [-0.2, -0.15) is 0 Å². The number of ketones is 1. The third kappa shape index (κ3) is 1.34. The van der Waals surface area contributed by atoms with Crippen molar-refractivity contribution in [2.75, 3.05) is 0 Å². The monoisotopic (exact) mass is 316 g/mol. The van der Waals surface area contributed by atoms with E-state index in [1.54, 1.807) is 0 Å². The van der Waals surface area contributed by atoms with E-state index in [0.29, 0.717) is 29.5 Å². The summed E-state index contributed by atoms with van der Waals surface area (Å²) in [5.74, 6) is 1.97. The highest BCUT2D eigenvalue weighted by molar-refractivity contribution is 5.85. The summed E-state index contributed by atoms with van der Waals surface area (Å²) in [6.07, 6.45) is 7.26. The van der Waals surface area contributed by atoms with Crippen LogP contribution in [0.5, 0.6) is 0 Å². The molecule has 0 aromatic heterocycles. The lowest BCUT2D eigenvalue weighted by Crippen LogP contribution is -2.59. The van der Waals surface area contributed by atoms with Gasteiger partial charge in [-0.25, -0.2) is 0 Å². The molecule has 0 saturated heterocycles. The Labute approximate surface area is 138 Å². The minimum absolute atomic E-state index is 0.192. The van der Waals surface area contributed by atoms with Crippen molar-refractivity contribution in [1.29, 1.82) is 0 Å². The van der Waals surface area contributed by atoms with Gasteiger partial charge in [-0.15, -0.1) is 0 Å². The molecule has 1 N–H and O–H groups in total. The molecule has 0 radical (unpaired) electrons. The molecule has 6 saturated carbocycles. The van der Waals surface area contributed by atoms with E-state index in [0.717, 1.165) is 44.9 Å². The molecule has 0 amide bonds. The fraction of sp³-hybridized carbons (Fsp3) is 0.900. The van der Waals surface area contributed by atoms with Crippen LogP contribution in [0.2, 0.25) is 0 Å². The Morgan fingerprint density at radius 3 is 2.52 bits per heavy atom. The number of carbonyl (C=O) groups excluding carboxylic acids is 1. The summed E-state index contributed by atoms with van der Waals surface area (Å²) in [6, 6.07) is 0. The molecule has 6 aliphatic carbocycles. The minimum atomic E-state index is -0.519. The van der Waals surface area contributed by atoms with E-state index in [2.05, 4.69) is 20.8 Å². The maximum Gasteiger partial charge on any atom is 0.310 e. The summed E-state index contributed by atoms with van der Waals surface area (Å²) in [5.41, 5.74) is -0.0181. The van der Waals surface area contributed by atoms with E-state index in [1.807, 2.05) is 0 Å². The van der Waals surface area contributed by atoms with Crippen LogP contribution in [0, 0.1) is 45.3 Å². The Hall–Kier alpha value is -0.860. The van der Waals surface area contributed by atoms with E-state index in [1.165, 1.54) is 0 Å². The average Bonchev–Trinajstić information content (AvgIpc) is 2.99. The second-order valence-corrected chi connectivity index (χ2v) is 10.3. The Bertz CT molecular complexity index is 637. The summed E-state index contributed by atoms with van der Waals surface area (Å²) >= 11 is 0.